The van der Waals surface area contributed by atoms with Crippen molar-refractivity contribution in [3.05, 3.63) is 22.4 Å². The lowest BCUT2D eigenvalue weighted by atomic mass is 9.98. The lowest BCUT2D eigenvalue weighted by Crippen LogP contribution is -2.44. The van der Waals surface area contributed by atoms with Gasteiger partial charge in [-0.2, -0.15) is 0 Å². The Morgan fingerprint density at radius 3 is 2.50 bits per heavy atom. The minimum atomic E-state index is -3.06. The van der Waals surface area contributed by atoms with Gasteiger partial charge in [0.1, 0.15) is 0 Å². The van der Waals surface area contributed by atoms with Gasteiger partial charge in [-0.05, 0) is 63.1 Å². The van der Waals surface area contributed by atoms with Gasteiger partial charge in [0.15, 0.2) is 5.96 Å². The monoisotopic (exact) mass is 569 g/mol. The molecule has 0 aromatic carbocycles. The number of nitrogens with one attached hydrogen (secondary N) is 2. The molecule has 1 unspecified atom stereocenters. The Balaban J connectivity index is 0.00000320. The van der Waals surface area contributed by atoms with Crippen LogP contribution >= 0.6 is 35.3 Å². The summed E-state index contributed by atoms with van der Waals surface area (Å²) < 4.78 is 24.9. The molecule has 0 aliphatic carbocycles. The maximum absolute atomic E-state index is 11.7. The molecule has 3 heterocycles. The van der Waals surface area contributed by atoms with Gasteiger partial charge in [0, 0.05) is 31.1 Å². The molecule has 0 spiro atoms. The van der Waals surface area contributed by atoms with Crippen LogP contribution in [0.5, 0.6) is 0 Å². The molecule has 10 heteroatoms. The number of hydrogen-bond donors (Lipinski definition) is 2. The number of piperidine rings is 1. The largest absolute Gasteiger partial charge is 0.357 e. The van der Waals surface area contributed by atoms with Crippen molar-refractivity contribution >= 4 is 51.3 Å². The maximum Gasteiger partial charge on any atom is 0.211 e. The summed E-state index contributed by atoms with van der Waals surface area (Å²) in [4.78, 5) is 8.85. The zero-order valence-electron chi connectivity index (χ0n) is 18.0. The summed E-state index contributed by atoms with van der Waals surface area (Å²) in [5.41, 5.74) is 0. The van der Waals surface area contributed by atoms with Crippen molar-refractivity contribution in [2.45, 2.75) is 38.6 Å². The molecule has 2 fully saturated rings. The number of thiophene rings is 1. The van der Waals surface area contributed by atoms with Crippen LogP contribution in [-0.4, -0.2) is 75.7 Å². The van der Waals surface area contributed by atoms with Crippen LogP contribution in [0.1, 0.15) is 43.5 Å². The summed E-state index contributed by atoms with van der Waals surface area (Å²) in [6.45, 7) is 8.04. The molecule has 30 heavy (non-hydrogen) atoms. The molecule has 0 saturated carbocycles. The summed E-state index contributed by atoms with van der Waals surface area (Å²) in [6.07, 6.45) is 5.63. The Hall–Kier alpha value is -0.430. The van der Waals surface area contributed by atoms with Gasteiger partial charge < -0.3 is 10.6 Å². The highest BCUT2D eigenvalue weighted by atomic mass is 127. The molecule has 1 atom stereocenters. The molecule has 2 saturated heterocycles. The Kier molecular flexibility index (Phi) is 10.8. The second-order valence-corrected chi connectivity index (χ2v) is 10.9. The van der Waals surface area contributed by atoms with Crippen molar-refractivity contribution in [3.8, 4) is 0 Å². The third kappa shape index (κ3) is 7.61. The van der Waals surface area contributed by atoms with Crippen molar-refractivity contribution < 1.29 is 8.42 Å². The number of sulfonamides is 1. The molecule has 2 aliphatic rings. The van der Waals surface area contributed by atoms with E-state index >= 15 is 0 Å². The number of likely N-dealkylation sites (tertiary alicyclic amines) is 1. The number of nitrogens with zero attached hydrogens (tertiary/aromatic N) is 3. The average Bonchev–Trinajstić information content (AvgIpc) is 3.40. The summed E-state index contributed by atoms with van der Waals surface area (Å²) in [7, 11) is -3.06. The maximum atomic E-state index is 11.7. The first-order chi connectivity index (χ1) is 14.0. The standard InChI is InChI=1S/C20H35N5O2S2.HI/c1-3-21-20(22-15-17-8-12-25(13-9-17)29(2,26)27)23-16-18(19-7-6-14-28-19)24-10-4-5-11-24;/h6-7,14,17-18H,3-5,8-13,15-16H2,1-2H3,(H2,21,22,23);1H. The predicted octanol–water partition coefficient (Wildman–Crippen LogP) is 2.73. The lowest BCUT2D eigenvalue weighted by Gasteiger charge is -2.30. The van der Waals surface area contributed by atoms with E-state index in [9.17, 15) is 8.42 Å². The fraction of sp³-hybridized carbons (Fsp3) is 0.750. The van der Waals surface area contributed by atoms with Gasteiger partial charge in [0.05, 0.1) is 18.8 Å². The first-order valence-corrected chi connectivity index (χ1v) is 13.4. The fourth-order valence-electron chi connectivity index (χ4n) is 4.13. The topological polar surface area (TPSA) is 77.0 Å². The van der Waals surface area contributed by atoms with E-state index in [0.29, 0.717) is 25.0 Å². The zero-order chi connectivity index (χ0) is 20.7. The van der Waals surface area contributed by atoms with E-state index in [-0.39, 0.29) is 24.0 Å². The van der Waals surface area contributed by atoms with Crippen molar-refractivity contribution in [3.63, 3.8) is 0 Å². The second-order valence-electron chi connectivity index (χ2n) is 7.98. The van der Waals surface area contributed by atoms with Gasteiger partial charge in [-0.25, -0.2) is 12.7 Å². The van der Waals surface area contributed by atoms with Gasteiger partial charge >= 0.3 is 0 Å². The van der Waals surface area contributed by atoms with Gasteiger partial charge in [0.2, 0.25) is 10.0 Å². The quantitative estimate of drug-likeness (QED) is 0.286. The van der Waals surface area contributed by atoms with Crippen molar-refractivity contribution in [2.75, 3.05) is 52.1 Å². The second kappa shape index (κ2) is 12.6. The van der Waals surface area contributed by atoms with Crippen molar-refractivity contribution in [1.29, 1.82) is 0 Å². The number of halogens is 1. The van der Waals surface area contributed by atoms with E-state index in [4.69, 9.17) is 4.99 Å². The fourth-order valence-corrected chi connectivity index (χ4v) is 5.85. The summed E-state index contributed by atoms with van der Waals surface area (Å²) >= 11 is 1.82. The van der Waals surface area contributed by atoms with Crippen LogP contribution in [0.15, 0.2) is 22.5 Å². The van der Waals surface area contributed by atoms with Gasteiger partial charge in [-0.1, -0.05) is 6.07 Å². The van der Waals surface area contributed by atoms with E-state index in [2.05, 4.69) is 40.0 Å². The summed E-state index contributed by atoms with van der Waals surface area (Å²) in [5, 5.41) is 9.00. The first kappa shape index (κ1) is 25.8. The third-order valence-corrected chi connectivity index (χ3v) is 8.10. The van der Waals surface area contributed by atoms with Crippen LogP contribution in [0.25, 0.3) is 0 Å². The number of guanidine groups is 1. The van der Waals surface area contributed by atoms with E-state index < -0.39 is 10.0 Å². The minimum Gasteiger partial charge on any atom is -0.357 e. The summed E-state index contributed by atoms with van der Waals surface area (Å²) in [6, 6.07) is 4.70. The Labute approximate surface area is 202 Å². The molecule has 0 bridgehead atoms. The van der Waals surface area contributed by atoms with E-state index in [0.717, 1.165) is 51.5 Å². The number of rotatable bonds is 8. The molecular weight excluding hydrogens is 533 g/mol. The SMILES string of the molecule is CCNC(=NCC(c1cccs1)N1CCCC1)NCC1CCN(S(C)(=O)=O)CC1.I. The highest BCUT2D eigenvalue weighted by Gasteiger charge is 2.26. The smallest absolute Gasteiger partial charge is 0.211 e. The van der Waals surface area contributed by atoms with E-state index in [1.165, 1.54) is 24.0 Å². The zero-order valence-corrected chi connectivity index (χ0v) is 22.0. The van der Waals surface area contributed by atoms with Crippen molar-refractivity contribution in [1.82, 2.24) is 19.8 Å². The van der Waals surface area contributed by atoms with Crippen LogP contribution in [0.4, 0.5) is 0 Å². The third-order valence-electron chi connectivity index (χ3n) is 5.82. The molecule has 2 N–H and O–H groups in total. The lowest BCUT2D eigenvalue weighted by molar-refractivity contribution is 0.255. The Morgan fingerprint density at radius 2 is 1.93 bits per heavy atom. The number of hydrogen-bond acceptors (Lipinski definition) is 5. The number of aliphatic imine (C=N–C) groups is 1. The van der Waals surface area contributed by atoms with Crippen molar-refractivity contribution in [2.24, 2.45) is 10.9 Å². The summed E-state index contributed by atoms with van der Waals surface area (Å²) in [5.74, 6) is 1.34. The normalized spacial score (nSPS) is 20.7. The van der Waals surface area contributed by atoms with Crippen LogP contribution in [0.3, 0.4) is 0 Å². The molecule has 7 nitrogen and oxygen atoms in total. The Morgan fingerprint density at radius 1 is 1.23 bits per heavy atom. The average molecular weight is 570 g/mol. The molecule has 0 amide bonds. The van der Waals surface area contributed by atoms with Crippen LogP contribution in [0.2, 0.25) is 0 Å². The van der Waals surface area contributed by atoms with Gasteiger partial charge in [-0.15, -0.1) is 35.3 Å². The molecular formula is C20H36IN5O2S2. The molecule has 0 radical (unpaired) electrons. The van der Waals surface area contributed by atoms with Crippen LogP contribution < -0.4 is 10.6 Å². The van der Waals surface area contributed by atoms with Crippen LogP contribution in [-0.2, 0) is 10.0 Å². The molecule has 2 aliphatic heterocycles. The highest BCUT2D eigenvalue weighted by molar-refractivity contribution is 14.0. The predicted molar refractivity (Wildman–Crippen MR) is 136 cm³/mol. The molecule has 3 rings (SSSR count). The molecule has 1 aromatic rings. The van der Waals surface area contributed by atoms with E-state index in [1.54, 1.807) is 4.31 Å². The minimum absolute atomic E-state index is 0. The highest BCUT2D eigenvalue weighted by Crippen LogP contribution is 2.28. The Bertz CT molecular complexity index is 743. The molecule has 1 aromatic heterocycles. The first-order valence-electron chi connectivity index (χ1n) is 10.7. The van der Waals surface area contributed by atoms with Gasteiger partial charge in [-0.3, -0.25) is 9.89 Å². The van der Waals surface area contributed by atoms with Crippen LogP contribution in [0, 0.1) is 5.92 Å². The molecule has 172 valence electrons. The van der Waals surface area contributed by atoms with Gasteiger partial charge in [0.25, 0.3) is 0 Å². The van der Waals surface area contributed by atoms with E-state index in [1.807, 2.05) is 11.3 Å².